The van der Waals surface area contributed by atoms with Crippen LogP contribution in [0.3, 0.4) is 0 Å². The first-order chi connectivity index (χ1) is 5.27. The van der Waals surface area contributed by atoms with Crippen molar-refractivity contribution < 1.29 is 0 Å². The van der Waals surface area contributed by atoms with Crippen LogP contribution in [0.4, 0.5) is 0 Å². The van der Waals surface area contributed by atoms with E-state index in [0.29, 0.717) is 5.25 Å². The molecule has 0 aliphatic heterocycles. The fraction of sp³-hybridized carbons (Fsp3) is 0.333. The average Bonchev–Trinajstić information content (AvgIpc) is 2.33. The van der Waals surface area contributed by atoms with E-state index in [0.717, 1.165) is 4.47 Å². The largest absolute Gasteiger partial charge is 0.171 e. The summed E-state index contributed by atoms with van der Waals surface area (Å²) in [5.41, 5.74) is 2.87. The molecular formula is C9H9BrS. The minimum atomic E-state index is 0.461. The lowest BCUT2D eigenvalue weighted by atomic mass is 10.1. The first-order valence-electron chi connectivity index (χ1n) is 3.74. The van der Waals surface area contributed by atoms with Gasteiger partial charge in [-0.05, 0) is 36.1 Å². The van der Waals surface area contributed by atoms with Gasteiger partial charge in [0.1, 0.15) is 0 Å². The molecule has 0 radical (unpaired) electrons. The minimum Gasteiger partial charge on any atom is -0.171 e. The highest BCUT2D eigenvalue weighted by Gasteiger charge is 2.18. The van der Waals surface area contributed by atoms with E-state index in [1.807, 2.05) is 0 Å². The van der Waals surface area contributed by atoms with Crippen LogP contribution in [-0.4, -0.2) is 0 Å². The summed E-state index contributed by atoms with van der Waals surface area (Å²) in [4.78, 5) is 0. The first kappa shape index (κ1) is 7.69. The van der Waals surface area contributed by atoms with Crippen LogP contribution in [0.2, 0.25) is 0 Å². The minimum absolute atomic E-state index is 0.461. The first-order valence-corrected chi connectivity index (χ1v) is 5.05. The summed E-state index contributed by atoms with van der Waals surface area (Å²) < 4.78 is 1.16. The number of hydrogen-bond donors (Lipinski definition) is 1. The monoisotopic (exact) mass is 228 g/mol. The number of fused-ring (bicyclic) bond motifs is 1. The third-order valence-electron chi connectivity index (χ3n) is 2.15. The maximum absolute atomic E-state index is 4.50. The van der Waals surface area contributed by atoms with Crippen LogP contribution in [0, 0.1) is 0 Å². The zero-order valence-electron chi connectivity index (χ0n) is 6.05. The van der Waals surface area contributed by atoms with Gasteiger partial charge in [0.15, 0.2) is 0 Å². The van der Waals surface area contributed by atoms with Crippen molar-refractivity contribution in [3.8, 4) is 0 Å². The van der Waals surface area contributed by atoms with Gasteiger partial charge in [-0.15, -0.1) is 0 Å². The molecule has 11 heavy (non-hydrogen) atoms. The summed E-state index contributed by atoms with van der Waals surface area (Å²) in [5.74, 6) is 0. The van der Waals surface area contributed by atoms with Crippen molar-refractivity contribution in [1.29, 1.82) is 0 Å². The fourth-order valence-electron chi connectivity index (χ4n) is 1.55. The van der Waals surface area contributed by atoms with Gasteiger partial charge in [0.25, 0.3) is 0 Å². The summed E-state index contributed by atoms with van der Waals surface area (Å²) in [6.07, 6.45) is 2.38. The van der Waals surface area contributed by atoms with E-state index in [1.165, 1.54) is 24.0 Å². The number of halogens is 1. The lowest BCUT2D eigenvalue weighted by molar-refractivity contribution is 0.896. The molecule has 0 amide bonds. The molecule has 0 bridgehead atoms. The molecule has 0 spiro atoms. The Kier molecular flexibility index (Phi) is 1.98. The molecule has 0 saturated carbocycles. The molecule has 0 saturated heterocycles. The standard InChI is InChI=1S/C9H9BrS/c10-7-3-1-6-2-4-9(11)8(6)5-7/h1,3,5,9,11H,2,4H2. The Labute approximate surface area is 80.5 Å². The Morgan fingerprint density at radius 1 is 1.45 bits per heavy atom. The zero-order valence-corrected chi connectivity index (χ0v) is 8.53. The van der Waals surface area contributed by atoms with Gasteiger partial charge in [-0.1, -0.05) is 22.0 Å². The second-order valence-corrected chi connectivity index (χ2v) is 4.44. The summed E-state index contributed by atoms with van der Waals surface area (Å²) in [6.45, 7) is 0. The maximum atomic E-state index is 4.50. The van der Waals surface area contributed by atoms with Gasteiger partial charge in [-0.3, -0.25) is 0 Å². The number of aryl methyl sites for hydroxylation is 1. The van der Waals surface area contributed by atoms with Crippen LogP contribution in [0.5, 0.6) is 0 Å². The Balaban J connectivity index is 2.52. The van der Waals surface area contributed by atoms with Crippen molar-refractivity contribution in [3.63, 3.8) is 0 Å². The van der Waals surface area contributed by atoms with Crippen molar-refractivity contribution in [1.82, 2.24) is 0 Å². The number of hydrogen-bond acceptors (Lipinski definition) is 1. The quantitative estimate of drug-likeness (QED) is 0.648. The van der Waals surface area contributed by atoms with Crippen molar-refractivity contribution in [2.75, 3.05) is 0 Å². The molecule has 1 atom stereocenters. The van der Waals surface area contributed by atoms with Gasteiger partial charge in [0.2, 0.25) is 0 Å². The molecular weight excluding hydrogens is 220 g/mol. The van der Waals surface area contributed by atoms with Gasteiger partial charge in [-0.2, -0.15) is 12.6 Å². The zero-order chi connectivity index (χ0) is 7.84. The highest BCUT2D eigenvalue weighted by atomic mass is 79.9. The van der Waals surface area contributed by atoms with Crippen molar-refractivity contribution in [3.05, 3.63) is 33.8 Å². The molecule has 1 unspecified atom stereocenters. The molecule has 0 fully saturated rings. The van der Waals surface area contributed by atoms with Crippen molar-refractivity contribution in [2.45, 2.75) is 18.1 Å². The SMILES string of the molecule is SC1CCc2ccc(Br)cc21. The Morgan fingerprint density at radius 3 is 3.09 bits per heavy atom. The Morgan fingerprint density at radius 2 is 2.27 bits per heavy atom. The van der Waals surface area contributed by atoms with E-state index in [1.54, 1.807) is 0 Å². The second kappa shape index (κ2) is 2.83. The molecule has 0 nitrogen and oxygen atoms in total. The normalized spacial score (nSPS) is 21.8. The van der Waals surface area contributed by atoms with Crippen LogP contribution in [0.25, 0.3) is 0 Å². The molecule has 0 heterocycles. The van der Waals surface area contributed by atoms with E-state index >= 15 is 0 Å². The molecule has 1 aliphatic carbocycles. The summed E-state index contributed by atoms with van der Waals surface area (Å²) in [5, 5.41) is 0.461. The van der Waals surface area contributed by atoms with Crippen LogP contribution in [0.15, 0.2) is 22.7 Å². The molecule has 1 aliphatic rings. The fourth-order valence-corrected chi connectivity index (χ4v) is 2.30. The summed E-state index contributed by atoms with van der Waals surface area (Å²) in [6, 6.07) is 6.47. The van der Waals surface area contributed by atoms with Gasteiger partial charge >= 0.3 is 0 Å². The summed E-state index contributed by atoms with van der Waals surface area (Å²) >= 11 is 7.96. The lowest BCUT2D eigenvalue weighted by Gasteiger charge is -2.02. The Bertz CT molecular complexity index is 283. The predicted octanol–water partition coefficient (Wildman–Crippen LogP) is 3.37. The molecule has 1 aromatic carbocycles. The van der Waals surface area contributed by atoms with Crippen molar-refractivity contribution in [2.24, 2.45) is 0 Å². The molecule has 2 rings (SSSR count). The van der Waals surface area contributed by atoms with E-state index in [9.17, 15) is 0 Å². The topological polar surface area (TPSA) is 0 Å². The molecule has 0 N–H and O–H groups in total. The Hall–Kier alpha value is 0.0500. The van der Waals surface area contributed by atoms with E-state index in [2.05, 4.69) is 46.8 Å². The second-order valence-electron chi connectivity index (χ2n) is 2.90. The van der Waals surface area contributed by atoms with Crippen LogP contribution >= 0.6 is 28.6 Å². The van der Waals surface area contributed by atoms with E-state index in [-0.39, 0.29) is 0 Å². The molecule has 58 valence electrons. The van der Waals surface area contributed by atoms with Gasteiger partial charge in [0.05, 0.1) is 0 Å². The van der Waals surface area contributed by atoms with E-state index < -0.39 is 0 Å². The third-order valence-corrected chi connectivity index (χ3v) is 3.18. The van der Waals surface area contributed by atoms with Crippen LogP contribution < -0.4 is 0 Å². The van der Waals surface area contributed by atoms with Gasteiger partial charge < -0.3 is 0 Å². The van der Waals surface area contributed by atoms with Crippen LogP contribution in [0.1, 0.15) is 22.8 Å². The molecule has 1 aromatic rings. The highest BCUT2D eigenvalue weighted by molar-refractivity contribution is 9.10. The summed E-state index contributed by atoms with van der Waals surface area (Å²) in [7, 11) is 0. The van der Waals surface area contributed by atoms with E-state index in [4.69, 9.17) is 0 Å². The molecule has 2 heteroatoms. The lowest BCUT2D eigenvalue weighted by Crippen LogP contribution is -1.82. The highest BCUT2D eigenvalue weighted by Crippen LogP contribution is 2.36. The average molecular weight is 229 g/mol. The van der Waals surface area contributed by atoms with Crippen LogP contribution in [-0.2, 0) is 6.42 Å². The maximum Gasteiger partial charge on any atom is 0.0273 e. The van der Waals surface area contributed by atoms with Gasteiger partial charge in [0, 0.05) is 9.72 Å². The molecule has 0 aromatic heterocycles. The number of benzene rings is 1. The number of thiol groups is 1. The van der Waals surface area contributed by atoms with Gasteiger partial charge in [-0.25, -0.2) is 0 Å². The third kappa shape index (κ3) is 1.34. The predicted molar refractivity (Wildman–Crippen MR) is 54.2 cm³/mol. The number of rotatable bonds is 0. The van der Waals surface area contributed by atoms with Crippen molar-refractivity contribution >= 4 is 28.6 Å². The smallest absolute Gasteiger partial charge is 0.0273 e.